The molecule has 2 atom stereocenters. The average molecular weight is 364 g/mol. The Morgan fingerprint density at radius 1 is 1.19 bits per heavy atom. The second kappa shape index (κ2) is 6.97. The van der Waals surface area contributed by atoms with Crippen molar-refractivity contribution in [2.45, 2.75) is 18.3 Å². The number of primary amides is 1. The summed E-state index contributed by atoms with van der Waals surface area (Å²) in [5.41, 5.74) is 10.7. The number of nitrogens with one attached hydrogen (secondary N) is 1. The summed E-state index contributed by atoms with van der Waals surface area (Å²) in [4.78, 5) is 11.5. The minimum atomic E-state index is -0.313. The van der Waals surface area contributed by atoms with Crippen molar-refractivity contribution in [3.63, 3.8) is 0 Å². The van der Waals surface area contributed by atoms with Crippen LogP contribution >= 0.6 is 11.8 Å². The summed E-state index contributed by atoms with van der Waals surface area (Å²) in [6.45, 7) is 2.07. The smallest absolute Gasteiger partial charge is 0.235 e. The second-order valence-corrected chi connectivity index (χ2v) is 7.55. The van der Waals surface area contributed by atoms with E-state index in [4.69, 9.17) is 10.8 Å². The second-order valence-electron chi connectivity index (χ2n) is 6.41. The molecule has 2 aromatic carbocycles. The van der Waals surface area contributed by atoms with Crippen molar-refractivity contribution in [3.8, 4) is 16.9 Å². The van der Waals surface area contributed by atoms with E-state index in [-0.39, 0.29) is 17.3 Å². The third kappa shape index (κ3) is 3.25. The molecule has 0 radical (unpaired) electrons. The molecule has 1 amide bonds. The number of hydrogen-bond acceptors (Lipinski definition) is 4. The van der Waals surface area contributed by atoms with Gasteiger partial charge < -0.3 is 5.73 Å². The lowest BCUT2D eigenvalue weighted by molar-refractivity contribution is -0.119. The van der Waals surface area contributed by atoms with Crippen LogP contribution in [0, 0.1) is 6.92 Å². The van der Waals surface area contributed by atoms with Crippen LogP contribution in [0.5, 0.6) is 0 Å². The van der Waals surface area contributed by atoms with E-state index in [1.54, 1.807) is 11.8 Å². The van der Waals surface area contributed by atoms with Crippen LogP contribution in [-0.4, -0.2) is 27.5 Å². The Morgan fingerprint density at radius 3 is 2.58 bits per heavy atom. The summed E-state index contributed by atoms with van der Waals surface area (Å²) in [5.74, 6) is 0.358. The van der Waals surface area contributed by atoms with Crippen LogP contribution in [0.2, 0.25) is 0 Å². The lowest BCUT2D eigenvalue weighted by atomic mass is 10.1. The molecule has 0 aliphatic carbocycles. The van der Waals surface area contributed by atoms with Crippen LogP contribution in [0.4, 0.5) is 0 Å². The topological polar surface area (TPSA) is 72.9 Å². The highest BCUT2D eigenvalue weighted by Gasteiger charge is 2.32. The number of hydrogen-bond donors (Lipinski definition) is 2. The minimum Gasteiger partial charge on any atom is -0.368 e. The fourth-order valence-electron chi connectivity index (χ4n) is 3.04. The van der Waals surface area contributed by atoms with Crippen LogP contribution < -0.4 is 11.1 Å². The molecule has 1 fully saturated rings. The molecule has 4 rings (SSSR count). The number of carbonyl (C=O) groups is 1. The van der Waals surface area contributed by atoms with E-state index in [0.29, 0.717) is 5.75 Å². The third-order valence-electron chi connectivity index (χ3n) is 4.50. The van der Waals surface area contributed by atoms with Gasteiger partial charge in [-0.3, -0.25) is 10.1 Å². The number of amides is 1. The van der Waals surface area contributed by atoms with Gasteiger partial charge in [0, 0.05) is 23.1 Å². The molecule has 1 aliphatic heterocycles. The number of rotatable bonds is 4. The van der Waals surface area contributed by atoms with E-state index < -0.39 is 0 Å². The van der Waals surface area contributed by atoms with Gasteiger partial charge in [0.25, 0.3) is 0 Å². The van der Waals surface area contributed by atoms with E-state index in [1.807, 2.05) is 41.2 Å². The van der Waals surface area contributed by atoms with Crippen LogP contribution in [0.1, 0.15) is 16.5 Å². The van der Waals surface area contributed by atoms with Gasteiger partial charge in [-0.1, -0.05) is 48.0 Å². The van der Waals surface area contributed by atoms with E-state index in [2.05, 4.69) is 36.5 Å². The molecule has 6 heteroatoms. The van der Waals surface area contributed by atoms with Gasteiger partial charge in [0.05, 0.1) is 22.8 Å². The molecule has 132 valence electrons. The first-order valence-electron chi connectivity index (χ1n) is 8.51. The van der Waals surface area contributed by atoms with Gasteiger partial charge in [-0.15, -0.1) is 11.8 Å². The van der Waals surface area contributed by atoms with Crippen molar-refractivity contribution in [1.82, 2.24) is 15.1 Å². The highest BCUT2D eigenvalue weighted by atomic mass is 32.2. The Balaban J connectivity index is 1.77. The fourth-order valence-corrected chi connectivity index (χ4v) is 4.30. The highest BCUT2D eigenvalue weighted by molar-refractivity contribution is 7.99. The molecular weight excluding hydrogens is 344 g/mol. The molecule has 3 aromatic rings. The highest BCUT2D eigenvalue weighted by Crippen LogP contribution is 2.38. The quantitative estimate of drug-likeness (QED) is 0.746. The molecule has 26 heavy (non-hydrogen) atoms. The largest absolute Gasteiger partial charge is 0.368 e. The van der Waals surface area contributed by atoms with Gasteiger partial charge in [0.2, 0.25) is 5.91 Å². The molecule has 0 saturated carbocycles. The summed E-state index contributed by atoms with van der Waals surface area (Å²) >= 11 is 1.69. The molecule has 2 heterocycles. The first kappa shape index (κ1) is 16.9. The summed E-state index contributed by atoms with van der Waals surface area (Å²) in [5, 5.41) is 8.16. The van der Waals surface area contributed by atoms with Gasteiger partial charge in [0.15, 0.2) is 0 Å². The molecular formula is C20H20N4OS. The van der Waals surface area contributed by atoms with Crippen LogP contribution in [-0.2, 0) is 4.79 Å². The number of para-hydroxylation sites is 1. The fraction of sp³-hybridized carbons (Fsp3) is 0.200. The van der Waals surface area contributed by atoms with E-state index in [0.717, 1.165) is 22.5 Å². The van der Waals surface area contributed by atoms with E-state index in [1.165, 1.54) is 5.56 Å². The van der Waals surface area contributed by atoms with Crippen LogP contribution in [0.3, 0.4) is 0 Å². The maximum atomic E-state index is 11.5. The van der Waals surface area contributed by atoms with E-state index in [9.17, 15) is 4.79 Å². The van der Waals surface area contributed by atoms with Crippen molar-refractivity contribution in [2.75, 3.05) is 5.75 Å². The molecule has 1 saturated heterocycles. The third-order valence-corrected chi connectivity index (χ3v) is 5.75. The number of carbonyl (C=O) groups excluding carboxylic acids is 1. The van der Waals surface area contributed by atoms with Gasteiger partial charge in [-0.05, 0) is 19.1 Å². The van der Waals surface area contributed by atoms with Crippen LogP contribution in [0.25, 0.3) is 16.9 Å². The van der Waals surface area contributed by atoms with Gasteiger partial charge in [0.1, 0.15) is 0 Å². The zero-order valence-electron chi connectivity index (χ0n) is 14.4. The number of aryl methyl sites for hydroxylation is 1. The van der Waals surface area contributed by atoms with Gasteiger partial charge in [-0.2, -0.15) is 5.10 Å². The van der Waals surface area contributed by atoms with E-state index >= 15 is 0 Å². The Labute approximate surface area is 156 Å². The Kier molecular flexibility index (Phi) is 4.53. The summed E-state index contributed by atoms with van der Waals surface area (Å²) < 4.78 is 1.89. The minimum absolute atomic E-state index is 0.0127. The molecule has 0 bridgehead atoms. The van der Waals surface area contributed by atoms with Crippen molar-refractivity contribution in [3.05, 3.63) is 71.9 Å². The number of thioether (sulfide) groups is 1. The maximum absolute atomic E-state index is 11.5. The lowest BCUT2D eigenvalue weighted by Crippen LogP contribution is -2.39. The first-order valence-corrected chi connectivity index (χ1v) is 9.56. The van der Waals surface area contributed by atoms with Crippen molar-refractivity contribution in [1.29, 1.82) is 0 Å². The van der Waals surface area contributed by atoms with Gasteiger partial charge in [-0.25, -0.2) is 4.68 Å². The number of benzene rings is 2. The number of aromatic nitrogens is 2. The Bertz CT molecular complexity index is 921. The van der Waals surface area contributed by atoms with Crippen molar-refractivity contribution < 1.29 is 4.79 Å². The van der Waals surface area contributed by atoms with Gasteiger partial charge >= 0.3 is 0 Å². The van der Waals surface area contributed by atoms with Crippen LogP contribution in [0.15, 0.2) is 60.8 Å². The number of nitrogens with two attached hydrogens (primary N) is 1. The number of nitrogens with zero attached hydrogens (tertiary/aromatic N) is 2. The predicted molar refractivity (Wildman–Crippen MR) is 105 cm³/mol. The molecule has 1 aliphatic rings. The SMILES string of the molecule is Cc1ccc(-c2nn(-c3ccccc3)cc2C2N[C@H](C(N)=O)CS2)cc1. The van der Waals surface area contributed by atoms with Crippen molar-refractivity contribution >= 4 is 17.7 Å². The molecule has 5 nitrogen and oxygen atoms in total. The molecule has 1 aromatic heterocycles. The Hall–Kier alpha value is -2.57. The average Bonchev–Trinajstić information content (AvgIpc) is 3.30. The maximum Gasteiger partial charge on any atom is 0.235 e. The summed E-state index contributed by atoms with van der Waals surface area (Å²) in [6, 6.07) is 18.1. The molecule has 1 unspecified atom stereocenters. The normalized spacial score (nSPS) is 19.6. The Morgan fingerprint density at radius 2 is 1.92 bits per heavy atom. The summed E-state index contributed by atoms with van der Waals surface area (Å²) in [7, 11) is 0. The molecule has 0 spiro atoms. The summed E-state index contributed by atoms with van der Waals surface area (Å²) in [6.07, 6.45) is 2.04. The molecule has 3 N–H and O–H groups in total. The standard InChI is InChI=1S/C20H20N4OS/c1-13-7-9-14(10-8-13)18-16(20-22-17(12-26-20)19(21)25)11-24(23-18)15-5-3-2-4-6-15/h2-11,17,20,22H,12H2,1H3,(H2,21,25)/t17-,20?/m0/s1. The first-order chi connectivity index (χ1) is 12.6. The predicted octanol–water partition coefficient (Wildman–Crippen LogP) is 3.04. The lowest BCUT2D eigenvalue weighted by Gasteiger charge is -2.11. The zero-order chi connectivity index (χ0) is 18.1. The monoisotopic (exact) mass is 364 g/mol. The zero-order valence-corrected chi connectivity index (χ0v) is 15.2. The van der Waals surface area contributed by atoms with Crippen molar-refractivity contribution in [2.24, 2.45) is 5.73 Å².